The number of thiol groups is 1. The van der Waals surface area contributed by atoms with Gasteiger partial charge in [-0.05, 0) is 56.5 Å². The molecule has 0 spiro atoms. The summed E-state index contributed by atoms with van der Waals surface area (Å²) < 4.78 is 28.5. The number of para-hydroxylation sites is 2. The van der Waals surface area contributed by atoms with Crippen molar-refractivity contribution < 1.29 is 22.7 Å². The van der Waals surface area contributed by atoms with E-state index in [-0.39, 0.29) is 17.5 Å². The summed E-state index contributed by atoms with van der Waals surface area (Å²) in [6, 6.07) is 15.5. The average Bonchev–Trinajstić information content (AvgIpc) is 3.27. The van der Waals surface area contributed by atoms with E-state index in [0.717, 1.165) is 10.3 Å². The fourth-order valence-electron chi connectivity index (χ4n) is 3.38. The topological polar surface area (TPSA) is 127 Å². The second-order valence-corrected chi connectivity index (χ2v) is 10.7. The van der Waals surface area contributed by atoms with Crippen molar-refractivity contribution in [1.82, 2.24) is 9.97 Å². The van der Waals surface area contributed by atoms with Gasteiger partial charge in [-0.3, -0.25) is 10.1 Å². The SMILES string of the molecule is CC(C)(C)OC(=O)Nc1ccccc1NC(=O)c1ccc(-c2nc(C[SH](=O)=O)nc3ccsc23)cc1. The zero-order chi connectivity index (χ0) is 25.9. The first kappa shape index (κ1) is 25.3. The highest BCUT2D eigenvalue weighted by atomic mass is 32.2. The van der Waals surface area contributed by atoms with Crippen molar-refractivity contribution in [3.63, 3.8) is 0 Å². The zero-order valence-corrected chi connectivity index (χ0v) is 21.5. The standard InChI is InChI=1S/C25H24N4O5S2/c1-25(2,3)34-24(31)28-18-7-5-4-6-17(18)27-23(30)16-10-8-15(9-11-16)21-22-19(12-13-35-22)26-20(29-21)14-36(32)33/h4-13,36H,14H2,1-3H3,(H,27,30)(H,28,31). The number of carbonyl (C=O) groups is 2. The van der Waals surface area contributed by atoms with E-state index in [9.17, 15) is 18.0 Å². The molecule has 0 atom stereocenters. The fraction of sp³-hybridized carbons (Fsp3) is 0.200. The van der Waals surface area contributed by atoms with Crippen LogP contribution in [0.25, 0.3) is 21.5 Å². The molecule has 9 nitrogen and oxygen atoms in total. The van der Waals surface area contributed by atoms with Crippen LogP contribution in [0, 0.1) is 0 Å². The molecule has 186 valence electrons. The number of hydrogen-bond acceptors (Lipinski definition) is 8. The predicted octanol–water partition coefficient (Wildman–Crippen LogP) is 5.07. The molecule has 4 rings (SSSR count). The van der Waals surface area contributed by atoms with Crippen LogP contribution >= 0.6 is 11.3 Å². The molecule has 0 aliphatic heterocycles. The van der Waals surface area contributed by atoms with Crippen LogP contribution in [0.5, 0.6) is 0 Å². The van der Waals surface area contributed by atoms with Gasteiger partial charge in [0.05, 0.1) is 27.3 Å². The van der Waals surface area contributed by atoms with E-state index in [1.807, 2.05) is 11.4 Å². The number of amides is 2. The minimum atomic E-state index is -2.66. The molecular weight excluding hydrogens is 500 g/mol. The molecule has 0 bridgehead atoms. The lowest BCUT2D eigenvalue weighted by molar-refractivity contribution is 0.0635. The van der Waals surface area contributed by atoms with Gasteiger partial charge in [-0.15, -0.1) is 11.3 Å². The largest absolute Gasteiger partial charge is 0.444 e. The number of anilines is 2. The van der Waals surface area contributed by atoms with E-state index in [2.05, 4.69) is 20.6 Å². The third-order valence-electron chi connectivity index (χ3n) is 4.85. The Bertz CT molecular complexity index is 1500. The first-order valence-corrected chi connectivity index (χ1v) is 13.2. The van der Waals surface area contributed by atoms with E-state index in [4.69, 9.17) is 4.74 Å². The summed E-state index contributed by atoms with van der Waals surface area (Å²) in [5.74, 6) is -0.387. The van der Waals surface area contributed by atoms with Gasteiger partial charge in [0.2, 0.25) is 0 Å². The van der Waals surface area contributed by atoms with Crippen LogP contribution in [-0.2, 0) is 21.2 Å². The number of aromatic nitrogens is 2. The minimum Gasteiger partial charge on any atom is -0.444 e. The number of benzene rings is 2. The van der Waals surface area contributed by atoms with Gasteiger partial charge in [-0.25, -0.2) is 23.2 Å². The predicted molar refractivity (Wildman–Crippen MR) is 141 cm³/mol. The second-order valence-electron chi connectivity index (χ2n) is 8.82. The quantitative estimate of drug-likeness (QED) is 0.301. The van der Waals surface area contributed by atoms with Crippen LogP contribution in [0.3, 0.4) is 0 Å². The second kappa shape index (κ2) is 10.4. The van der Waals surface area contributed by atoms with E-state index in [0.29, 0.717) is 28.1 Å². The summed E-state index contributed by atoms with van der Waals surface area (Å²) >= 11 is 1.46. The molecule has 0 fully saturated rings. The number of rotatable bonds is 6. The van der Waals surface area contributed by atoms with Gasteiger partial charge < -0.3 is 10.1 Å². The van der Waals surface area contributed by atoms with Gasteiger partial charge in [0.15, 0.2) is 0 Å². The summed E-state index contributed by atoms with van der Waals surface area (Å²) in [5, 5.41) is 7.34. The fourth-order valence-corrected chi connectivity index (χ4v) is 4.60. The normalized spacial score (nSPS) is 11.4. The van der Waals surface area contributed by atoms with Crippen LogP contribution in [0.1, 0.15) is 37.0 Å². The highest BCUT2D eigenvalue weighted by molar-refractivity contribution is 7.71. The smallest absolute Gasteiger partial charge is 0.412 e. The van der Waals surface area contributed by atoms with Gasteiger partial charge in [-0.2, -0.15) is 0 Å². The first-order valence-electron chi connectivity index (χ1n) is 11.0. The van der Waals surface area contributed by atoms with E-state index >= 15 is 0 Å². The minimum absolute atomic E-state index is 0.225. The lowest BCUT2D eigenvalue weighted by Gasteiger charge is -2.20. The molecule has 2 aromatic heterocycles. The summed E-state index contributed by atoms with van der Waals surface area (Å²) in [7, 11) is -2.66. The zero-order valence-electron chi connectivity index (χ0n) is 19.8. The highest BCUT2D eigenvalue weighted by Crippen LogP contribution is 2.31. The third-order valence-corrected chi connectivity index (χ3v) is 6.30. The maximum Gasteiger partial charge on any atom is 0.412 e. The van der Waals surface area contributed by atoms with Crippen molar-refractivity contribution in [1.29, 1.82) is 0 Å². The molecule has 0 unspecified atom stereocenters. The Morgan fingerprint density at radius 2 is 1.61 bits per heavy atom. The van der Waals surface area contributed by atoms with Gasteiger partial charge in [0.25, 0.3) is 5.91 Å². The molecule has 0 saturated heterocycles. The van der Waals surface area contributed by atoms with Crippen molar-refractivity contribution >= 4 is 55.6 Å². The maximum absolute atomic E-state index is 12.9. The molecule has 2 heterocycles. The van der Waals surface area contributed by atoms with E-state index in [1.165, 1.54) is 11.3 Å². The van der Waals surface area contributed by atoms with Crippen molar-refractivity contribution in [2.45, 2.75) is 32.1 Å². The van der Waals surface area contributed by atoms with E-state index < -0.39 is 22.4 Å². The Labute approximate surface area is 213 Å². The molecule has 0 aliphatic carbocycles. The summed E-state index contributed by atoms with van der Waals surface area (Å²) in [5.41, 5.74) is 2.58. The van der Waals surface area contributed by atoms with Gasteiger partial charge in [0.1, 0.15) is 27.9 Å². The van der Waals surface area contributed by atoms with Crippen molar-refractivity contribution in [3.8, 4) is 11.3 Å². The number of nitrogens with one attached hydrogen (secondary N) is 2. The van der Waals surface area contributed by atoms with Crippen LogP contribution in [-0.4, -0.2) is 36.0 Å². The van der Waals surface area contributed by atoms with Crippen LogP contribution in [0.2, 0.25) is 0 Å². The molecule has 36 heavy (non-hydrogen) atoms. The maximum atomic E-state index is 12.9. The van der Waals surface area contributed by atoms with Crippen LogP contribution in [0.4, 0.5) is 16.2 Å². The molecule has 2 N–H and O–H groups in total. The Balaban J connectivity index is 1.54. The lowest BCUT2D eigenvalue weighted by atomic mass is 10.1. The molecule has 0 saturated carbocycles. The first-order chi connectivity index (χ1) is 17.1. The number of carbonyl (C=O) groups excluding carboxylic acids is 2. The number of hydrogen-bond donors (Lipinski definition) is 3. The van der Waals surface area contributed by atoms with Crippen LogP contribution in [0.15, 0.2) is 60.0 Å². The number of fused-ring (bicyclic) bond motifs is 1. The van der Waals surface area contributed by atoms with Gasteiger partial charge >= 0.3 is 6.09 Å². The summed E-state index contributed by atoms with van der Waals surface area (Å²) in [4.78, 5) is 33.9. The van der Waals surface area contributed by atoms with Crippen molar-refractivity contribution in [2.75, 3.05) is 10.6 Å². The van der Waals surface area contributed by atoms with Gasteiger partial charge in [-0.1, -0.05) is 24.3 Å². The van der Waals surface area contributed by atoms with E-state index in [1.54, 1.807) is 69.3 Å². The third kappa shape index (κ3) is 6.23. The average molecular weight is 525 g/mol. The molecule has 0 radical (unpaired) electrons. The molecular formula is C25H24N4O5S2. The number of nitrogens with zero attached hydrogens (tertiary/aromatic N) is 2. The number of ether oxygens (including phenoxy) is 1. The highest BCUT2D eigenvalue weighted by Gasteiger charge is 2.18. The summed E-state index contributed by atoms with van der Waals surface area (Å²) in [6.45, 7) is 5.29. The molecule has 4 aromatic rings. The lowest BCUT2D eigenvalue weighted by Crippen LogP contribution is -2.27. The Morgan fingerprint density at radius 3 is 2.25 bits per heavy atom. The Kier molecular flexibility index (Phi) is 7.32. The van der Waals surface area contributed by atoms with Crippen molar-refractivity contribution in [2.24, 2.45) is 0 Å². The molecule has 11 heteroatoms. The molecule has 2 amide bonds. The summed E-state index contributed by atoms with van der Waals surface area (Å²) in [6.07, 6.45) is -0.626. The van der Waals surface area contributed by atoms with Gasteiger partial charge in [0, 0.05) is 11.1 Å². The monoisotopic (exact) mass is 524 g/mol. The Morgan fingerprint density at radius 1 is 0.944 bits per heavy atom. The number of thiophene rings is 1. The Hall–Kier alpha value is -3.83. The molecule has 2 aromatic carbocycles. The molecule has 0 aliphatic rings. The van der Waals surface area contributed by atoms with Crippen LogP contribution < -0.4 is 10.6 Å². The van der Waals surface area contributed by atoms with Crippen molar-refractivity contribution in [3.05, 3.63) is 71.4 Å².